The van der Waals surface area contributed by atoms with Crippen molar-refractivity contribution in [3.63, 3.8) is 0 Å². The lowest BCUT2D eigenvalue weighted by Crippen LogP contribution is -2.27. The molecule has 4 nitrogen and oxygen atoms in total. The molecule has 0 spiro atoms. The Kier molecular flexibility index (Phi) is 5.53. The maximum Gasteiger partial charge on any atom is 0.252 e. The van der Waals surface area contributed by atoms with E-state index in [1.54, 1.807) is 25.3 Å². The standard InChI is InChI=1S/C19H16Cl2N2O2/c1-25-9-8-22-19(24)14-11-18(12-6-7-15(20)16(21)10-12)23-17-5-3-2-4-13(14)17/h2-7,10-11H,8-9H2,1H3,(H,22,24). The number of para-hydroxylation sites is 1. The van der Waals surface area contributed by atoms with E-state index in [4.69, 9.17) is 27.9 Å². The monoisotopic (exact) mass is 374 g/mol. The van der Waals surface area contributed by atoms with Gasteiger partial charge in [0.05, 0.1) is 33.4 Å². The van der Waals surface area contributed by atoms with Crippen molar-refractivity contribution >= 4 is 40.0 Å². The van der Waals surface area contributed by atoms with Gasteiger partial charge in [-0.1, -0.05) is 47.5 Å². The largest absolute Gasteiger partial charge is 0.383 e. The number of hydrogen-bond acceptors (Lipinski definition) is 3. The van der Waals surface area contributed by atoms with Crippen molar-refractivity contribution in [2.75, 3.05) is 20.3 Å². The molecule has 3 aromatic rings. The predicted molar refractivity (Wildman–Crippen MR) is 101 cm³/mol. The molecule has 0 saturated carbocycles. The van der Waals surface area contributed by atoms with Gasteiger partial charge in [-0.25, -0.2) is 4.98 Å². The third-order valence-electron chi connectivity index (χ3n) is 3.77. The molecule has 6 heteroatoms. The fourth-order valence-corrected chi connectivity index (χ4v) is 2.83. The highest BCUT2D eigenvalue weighted by Crippen LogP contribution is 2.30. The number of pyridine rings is 1. The number of halogens is 2. The second kappa shape index (κ2) is 7.83. The van der Waals surface area contributed by atoms with Crippen molar-refractivity contribution in [2.45, 2.75) is 0 Å². The van der Waals surface area contributed by atoms with Gasteiger partial charge in [0.15, 0.2) is 0 Å². The Bertz CT molecular complexity index is 928. The molecule has 0 unspecified atom stereocenters. The highest BCUT2D eigenvalue weighted by Gasteiger charge is 2.14. The summed E-state index contributed by atoms with van der Waals surface area (Å²) in [7, 11) is 1.59. The molecule has 0 radical (unpaired) electrons. The summed E-state index contributed by atoms with van der Waals surface area (Å²) in [4.78, 5) is 17.2. The Morgan fingerprint density at radius 2 is 1.92 bits per heavy atom. The Balaban J connectivity index is 2.08. The summed E-state index contributed by atoms with van der Waals surface area (Å²) in [5, 5.41) is 4.57. The number of ether oxygens (including phenoxy) is 1. The van der Waals surface area contributed by atoms with Crippen molar-refractivity contribution in [3.05, 3.63) is 64.1 Å². The van der Waals surface area contributed by atoms with Gasteiger partial charge >= 0.3 is 0 Å². The lowest BCUT2D eigenvalue weighted by atomic mass is 10.0. The van der Waals surface area contributed by atoms with E-state index in [-0.39, 0.29) is 5.91 Å². The second-order valence-electron chi connectivity index (χ2n) is 5.45. The number of carbonyl (C=O) groups is 1. The molecular weight excluding hydrogens is 359 g/mol. The van der Waals surface area contributed by atoms with Crippen LogP contribution in [0, 0.1) is 0 Å². The summed E-state index contributed by atoms with van der Waals surface area (Å²) in [5.41, 5.74) is 2.76. The smallest absolute Gasteiger partial charge is 0.252 e. The van der Waals surface area contributed by atoms with Crippen LogP contribution in [0.25, 0.3) is 22.2 Å². The number of benzene rings is 2. The number of aromatic nitrogens is 1. The number of fused-ring (bicyclic) bond motifs is 1. The van der Waals surface area contributed by atoms with Crippen LogP contribution in [0.4, 0.5) is 0 Å². The molecule has 1 N–H and O–H groups in total. The van der Waals surface area contributed by atoms with E-state index in [2.05, 4.69) is 10.3 Å². The van der Waals surface area contributed by atoms with Crippen LogP contribution in [0.1, 0.15) is 10.4 Å². The van der Waals surface area contributed by atoms with Gasteiger partial charge in [0.1, 0.15) is 0 Å². The first-order valence-corrected chi connectivity index (χ1v) is 8.48. The summed E-state index contributed by atoms with van der Waals surface area (Å²) in [6.07, 6.45) is 0. The minimum atomic E-state index is -0.169. The molecule has 1 heterocycles. The molecule has 0 aliphatic heterocycles. The molecule has 0 atom stereocenters. The molecule has 1 amide bonds. The summed E-state index contributed by atoms with van der Waals surface area (Å²) in [6, 6.07) is 14.6. The first-order chi connectivity index (χ1) is 12.1. The molecule has 0 fully saturated rings. The molecule has 2 aromatic carbocycles. The van der Waals surface area contributed by atoms with E-state index >= 15 is 0 Å². The number of amides is 1. The highest BCUT2D eigenvalue weighted by molar-refractivity contribution is 6.42. The van der Waals surface area contributed by atoms with Crippen molar-refractivity contribution in [1.29, 1.82) is 0 Å². The maximum atomic E-state index is 12.6. The molecular formula is C19H16Cl2N2O2. The van der Waals surface area contributed by atoms with E-state index in [0.717, 1.165) is 16.5 Å². The van der Waals surface area contributed by atoms with Crippen molar-refractivity contribution in [2.24, 2.45) is 0 Å². The zero-order valence-corrected chi connectivity index (χ0v) is 15.1. The SMILES string of the molecule is COCCNC(=O)c1cc(-c2ccc(Cl)c(Cl)c2)nc2ccccc12. The van der Waals surface area contributed by atoms with Crippen molar-refractivity contribution in [1.82, 2.24) is 10.3 Å². The minimum absolute atomic E-state index is 0.169. The fourth-order valence-electron chi connectivity index (χ4n) is 2.53. The summed E-state index contributed by atoms with van der Waals surface area (Å²) < 4.78 is 4.98. The molecule has 1 aromatic heterocycles. The zero-order chi connectivity index (χ0) is 17.8. The van der Waals surface area contributed by atoms with E-state index in [0.29, 0.717) is 34.5 Å². The topological polar surface area (TPSA) is 51.2 Å². The van der Waals surface area contributed by atoms with Crippen LogP contribution in [-0.2, 0) is 4.74 Å². The number of nitrogens with one attached hydrogen (secondary N) is 1. The Morgan fingerprint density at radius 3 is 2.68 bits per heavy atom. The summed E-state index contributed by atoms with van der Waals surface area (Å²) >= 11 is 12.1. The zero-order valence-electron chi connectivity index (χ0n) is 13.6. The third kappa shape index (κ3) is 3.93. The van der Waals surface area contributed by atoms with E-state index in [9.17, 15) is 4.79 Å². The molecule has 0 aliphatic rings. The number of carbonyl (C=O) groups excluding carboxylic acids is 1. The van der Waals surface area contributed by atoms with Crippen LogP contribution < -0.4 is 5.32 Å². The van der Waals surface area contributed by atoms with E-state index in [1.807, 2.05) is 30.3 Å². The van der Waals surface area contributed by atoms with Gasteiger partial charge in [0.2, 0.25) is 0 Å². The van der Waals surface area contributed by atoms with Crippen molar-refractivity contribution in [3.8, 4) is 11.3 Å². The normalized spacial score (nSPS) is 10.8. The van der Waals surface area contributed by atoms with Crippen LogP contribution >= 0.6 is 23.2 Å². The first kappa shape index (κ1) is 17.7. The Labute approximate surface area is 155 Å². The minimum Gasteiger partial charge on any atom is -0.383 e. The Hall–Kier alpha value is -2.14. The van der Waals surface area contributed by atoms with E-state index < -0.39 is 0 Å². The van der Waals surface area contributed by atoms with Crippen molar-refractivity contribution < 1.29 is 9.53 Å². The number of rotatable bonds is 5. The Morgan fingerprint density at radius 1 is 1.12 bits per heavy atom. The maximum absolute atomic E-state index is 12.6. The van der Waals surface area contributed by atoms with Crippen LogP contribution in [0.5, 0.6) is 0 Å². The van der Waals surface area contributed by atoms with Gasteiger partial charge in [-0.05, 0) is 24.3 Å². The number of methoxy groups -OCH3 is 1. The average Bonchev–Trinajstić information content (AvgIpc) is 2.63. The fraction of sp³-hybridized carbons (Fsp3) is 0.158. The molecule has 25 heavy (non-hydrogen) atoms. The number of nitrogens with zero attached hydrogens (tertiary/aromatic N) is 1. The molecule has 128 valence electrons. The lowest BCUT2D eigenvalue weighted by molar-refractivity contribution is 0.0938. The molecule has 0 aliphatic carbocycles. The summed E-state index contributed by atoms with van der Waals surface area (Å²) in [5.74, 6) is -0.169. The van der Waals surface area contributed by atoms with Crippen LogP contribution in [0.2, 0.25) is 10.0 Å². The van der Waals surface area contributed by atoms with E-state index in [1.165, 1.54) is 0 Å². The molecule has 0 saturated heterocycles. The summed E-state index contributed by atoms with van der Waals surface area (Å²) in [6.45, 7) is 0.891. The van der Waals surface area contributed by atoms with Gasteiger partial charge < -0.3 is 10.1 Å². The first-order valence-electron chi connectivity index (χ1n) is 7.72. The predicted octanol–water partition coefficient (Wildman–Crippen LogP) is 4.58. The van der Waals surface area contributed by atoms with Gasteiger partial charge in [-0.15, -0.1) is 0 Å². The van der Waals surface area contributed by atoms with Crippen LogP contribution in [-0.4, -0.2) is 31.2 Å². The van der Waals surface area contributed by atoms with Gasteiger partial charge in [-0.2, -0.15) is 0 Å². The van der Waals surface area contributed by atoms with Gasteiger partial charge in [-0.3, -0.25) is 4.79 Å². The average molecular weight is 375 g/mol. The third-order valence-corrected chi connectivity index (χ3v) is 4.51. The quantitative estimate of drug-likeness (QED) is 0.664. The molecule has 3 rings (SSSR count). The highest BCUT2D eigenvalue weighted by atomic mass is 35.5. The van der Waals surface area contributed by atoms with Gasteiger partial charge in [0.25, 0.3) is 5.91 Å². The second-order valence-corrected chi connectivity index (χ2v) is 6.26. The van der Waals surface area contributed by atoms with Gasteiger partial charge in [0, 0.05) is 24.6 Å². The molecule has 0 bridgehead atoms. The van der Waals surface area contributed by atoms with Crippen LogP contribution in [0.3, 0.4) is 0 Å². The van der Waals surface area contributed by atoms with Crippen LogP contribution in [0.15, 0.2) is 48.5 Å². The number of hydrogen-bond donors (Lipinski definition) is 1. The lowest BCUT2D eigenvalue weighted by Gasteiger charge is -2.11.